The van der Waals surface area contributed by atoms with E-state index in [0.717, 1.165) is 0 Å². The van der Waals surface area contributed by atoms with Crippen LogP contribution >= 0.6 is 11.6 Å². The van der Waals surface area contributed by atoms with Gasteiger partial charge < -0.3 is 9.15 Å². The summed E-state index contributed by atoms with van der Waals surface area (Å²) in [6.07, 6.45) is 0. The number of esters is 1. The third kappa shape index (κ3) is 2.58. The fourth-order valence-electron chi connectivity index (χ4n) is 2.06. The van der Waals surface area contributed by atoms with Crippen molar-refractivity contribution in [3.8, 4) is 17.2 Å². The lowest BCUT2D eigenvalue weighted by molar-refractivity contribution is -0.131. The Morgan fingerprint density at radius 1 is 1.18 bits per heavy atom. The van der Waals surface area contributed by atoms with E-state index in [9.17, 15) is 9.59 Å². The number of hydrogen-bond donors (Lipinski definition) is 0. The first kappa shape index (κ1) is 14.3. The molecule has 0 saturated heterocycles. The third-order valence-corrected chi connectivity index (χ3v) is 3.29. The van der Waals surface area contributed by atoms with E-state index in [1.54, 1.807) is 42.5 Å². The minimum Gasteiger partial charge on any atom is -0.426 e. The van der Waals surface area contributed by atoms with Crippen molar-refractivity contribution in [3.63, 3.8) is 0 Å². The Morgan fingerprint density at radius 2 is 1.95 bits per heavy atom. The summed E-state index contributed by atoms with van der Waals surface area (Å²) in [4.78, 5) is 27.5. The fraction of sp³-hybridized carbons (Fsp3) is 0.0625. The van der Waals surface area contributed by atoms with Crippen LogP contribution in [-0.2, 0) is 4.79 Å². The second-order valence-electron chi connectivity index (χ2n) is 4.53. The Bertz CT molecular complexity index is 933. The van der Waals surface area contributed by atoms with E-state index in [1.807, 2.05) is 0 Å². The summed E-state index contributed by atoms with van der Waals surface area (Å²) >= 11 is 6.08. The second-order valence-corrected chi connectivity index (χ2v) is 4.94. The van der Waals surface area contributed by atoms with E-state index in [2.05, 4.69) is 4.98 Å². The molecule has 0 aliphatic heterocycles. The lowest BCUT2D eigenvalue weighted by Crippen LogP contribution is -2.06. The van der Waals surface area contributed by atoms with Gasteiger partial charge in [0.15, 0.2) is 0 Å². The smallest absolute Gasteiger partial charge is 0.347 e. The number of benzene rings is 2. The summed E-state index contributed by atoms with van der Waals surface area (Å²) in [7, 11) is 0. The Labute approximate surface area is 130 Å². The Hall–Kier alpha value is -2.66. The average molecular weight is 316 g/mol. The van der Waals surface area contributed by atoms with Crippen LogP contribution in [0.2, 0.25) is 5.02 Å². The summed E-state index contributed by atoms with van der Waals surface area (Å²) < 4.78 is 10.3. The SMILES string of the molecule is CC(=O)Oc1ccccc1-c1nc2c(Cl)cccc2c(=O)o1. The molecular weight excluding hydrogens is 306 g/mol. The van der Waals surface area contributed by atoms with Gasteiger partial charge in [0.05, 0.1) is 16.0 Å². The van der Waals surface area contributed by atoms with Gasteiger partial charge in [0.2, 0.25) is 5.89 Å². The molecule has 0 saturated carbocycles. The van der Waals surface area contributed by atoms with Gasteiger partial charge in [-0.3, -0.25) is 4.79 Å². The quantitative estimate of drug-likeness (QED) is 0.535. The van der Waals surface area contributed by atoms with Crippen LogP contribution in [0, 0.1) is 0 Å². The number of ether oxygens (including phenoxy) is 1. The van der Waals surface area contributed by atoms with Gasteiger partial charge in [0, 0.05) is 6.92 Å². The van der Waals surface area contributed by atoms with Gasteiger partial charge in [0.25, 0.3) is 0 Å². The Balaban J connectivity index is 2.26. The highest BCUT2D eigenvalue weighted by Gasteiger charge is 2.15. The van der Waals surface area contributed by atoms with Crippen molar-refractivity contribution in [1.29, 1.82) is 0 Å². The number of fused-ring (bicyclic) bond motifs is 1. The normalized spacial score (nSPS) is 10.6. The second kappa shape index (κ2) is 5.61. The van der Waals surface area contributed by atoms with E-state index < -0.39 is 11.6 Å². The summed E-state index contributed by atoms with van der Waals surface area (Å²) in [6.45, 7) is 1.29. The molecule has 1 heterocycles. The van der Waals surface area contributed by atoms with Crippen LogP contribution in [0.1, 0.15) is 6.92 Å². The number of para-hydroxylation sites is 2. The molecule has 0 unspecified atom stereocenters. The third-order valence-electron chi connectivity index (χ3n) is 2.98. The highest BCUT2D eigenvalue weighted by molar-refractivity contribution is 6.35. The van der Waals surface area contributed by atoms with E-state index in [-0.39, 0.29) is 11.6 Å². The van der Waals surface area contributed by atoms with Gasteiger partial charge in [-0.1, -0.05) is 29.8 Å². The summed E-state index contributed by atoms with van der Waals surface area (Å²) in [5.74, 6) is -0.173. The lowest BCUT2D eigenvalue weighted by Gasteiger charge is -2.07. The van der Waals surface area contributed by atoms with Crippen molar-refractivity contribution in [1.82, 2.24) is 4.98 Å². The largest absolute Gasteiger partial charge is 0.426 e. The molecule has 3 aromatic rings. The van der Waals surface area contributed by atoms with Gasteiger partial charge in [-0.05, 0) is 24.3 Å². The maximum Gasteiger partial charge on any atom is 0.347 e. The molecule has 0 aliphatic rings. The molecule has 2 aromatic carbocycles. The zero-order valence-corrected chi connectivity index (χ0v) is 12.3. The maximum atomic E-state index is 12.1. The van der Waals surface area contributed by atoms with Crippen molar-refractivity contribution < 1.29 is 13.9 Å². The van der Waals surface area contributed by atoms with Crippen molar-refractivity contribution >= 4 is 28.5 Å². The first-order valence-corrected chi connectivity index (χ1v) is 6.81. The lowest BCUT2D eigenvalue weighted by atomic mass is 10.2. The van der Waals surface area contributed by atoms with E-state index >= 15 is 0 Å². The number of hydrogen-bond acceptors (Lipinski definition) is 5. The number of aromatic nitrogens is 1. The predicted molar refractivity (Wildman–Crippen MR) is 82.0 cm³/mol. The molecule has 6 heteroatoms. The Kier molecular flexibility index (Phi) is 3.65. The Morgan fingerprint density at radius 3 is 2.73 bits per heavy atom. The van der Waals surface area contributed by atoms with Crippen LogP contribution in [0.25, 0.3) is 22.4 Å². The van der Waals surface area contributed by atoms with Crippen LogP contribution in [0.15, 0.2) is 51.7 Å². The van der Waals surface area contributed by atoms with Crippen molar-refractivity contribution in [2.75, 3.05) is 0 Å². The van der Waals surface area contributed by atoms with Crippen LogP contribution in [0.4, 0.5) is 0 Å². The zero-order valence-electron chi connectivity index (χ0n) is 11.5. The molecule has 3 rings (SSSR count). The number of carbonyl (C=O) groups excluding carboxylic acids is 1. The van der Waals surface area contributed by atoms with E-state index in [1.165, 1.54) is 6.92 Å². The monoisotopic (exact) mass is 315 g/mol. The predicted octanol–water partition coefficient (Wildman–Crippen LogP) is 3.43. The number of carbonyl (C=O) groups is 1. The molecule has 0 aliphatic carbocycles. The van der Waals surface area contributed by atoms with E-state index in [4.69, 9.17) is 20.8 Å². The van der Waals surface area contributed by atoms with Crippen molar-refractivity contribution in [2.24, 2.45) is 0 Å². The summed E-state index contributed by atoms with van der Waals surface area (Å²) in [5, 5.41) is 0.637. The number of halogens is 1. The molecule has 0 fully saturated rings. The maximum absolute atomic E-state index is 12.1. The van der Waals surface area contributed by atoms with Crippen molar-refractivity contribution in [2.45, 2.75) is 6.92 Å². The molecule has 110 valence electrons. The van der Waals surface area contributed by atoms with Gasteiger partial charge in [0.1, 0.15) is 11.3 Å². The molecule has 22 heavy (non-hydrogen) atoms. The van der Waals surface area contributed by atoms with Gasteiger partial charge in [-0.15, -0.1) is 0 Å². The molecular formula is C16H10ClNO4. The minimum atomic E-state index is -0.555. The van der Waals surface area contributed by atoms with Crippen LogP contribution in [-0.4, -0.2) is 11.0 Å². The molecule has 0 radical (unpaired) electrons. The van der Waals surface area contributed by atoms with Crippen molar-refractivity contribution in [3.05, 3.63) is 57.9 Å². The molecule has 0 N–H and O–H groups in total. The summed E-state index contributed by atoms with van der Waals surface area (Å²) in [5.41, 5.74) is 0.185. The zero-order chi connectivity index (χ0) is 15.7. The number of rotatable bonds is 2. The fourth-order valence-corrected chi connectivity index (χ4v) is 2.28. The van der Waals surface area contributed by atoms with Crippen LogP contribution in [0.5, 0.6) is 5.75 Å². The van der Waals surface area contributed by atoms with E-state index in [0.29, 0.717) is 21.5 Å². The first-order valence-electron chi connectivity index (χ1n) is 6.43. The van der Waals surface area contributed by atoms with Crippen LogP contribution < -0.4 is 10.4 Å². The van der Waals surface area contributed by atoms with Crippen LogP contribution in [0.3, 0.4) is 0 Å². The topological polar surface area (TPSA) is 69.4 Å². The molecule has 1 aromatic heterocycles. The highest BCUT2D eigenvalue weighted by Crippen LogP contribution is 2.30. The standard InChI is InChI=1S/C16H10ClNO4/c1-9(19)21-13-8-3-2-5-10(13)15-18-14-11(16(20)22-15)6-4-7-12(14)17/h2-8H,1H3. The molecule has 0 bridgehead atoms. The first-order chi connectivity index (χ1) is 10.6. The molecule has 0 spiro atoms. The van der Waals surface area contributed by atoms with Gasteiger partial charge in [-0.25, -0.2) is 9.78 Å². The number of nitrogens with zero attached hydrogens (tertiary/aromatic N) is 1. The molecule has 0 atom stereocenters. The highest BCUT2D eigenvalue weighted by atomic mass is 35.5. The summed E-state index contributed by atoms with van der Waals surface area (Å²) in [6, 6.07) is 11.5. The minimum absolute atomic E-state index is 0.0439. The molecule has 0 amide bonds. The average Bonchev–Trinajstić information content (AvgIpc) is 2.48. The molecule has 5 nitrogen and oxygen atoms in total. The van der Waals surface area contributed by atoms with Gasteiger partial charge >= 0.3 is 11.6 Å². The van der Waals surface area contributed by atoms with Gasteiger partial charge in [-0.2, -0.15) is 0 Å².